The molecule has 0 aromatic carbocycles. The van der Waals surface area contributed by atoms with Gasteiger partial charge in [0.15, 0.2) is 5.43 Å². The first-order valence-electron chi connectivity index (χ1n) is 4.88. The van der Waals surface area contributed by atoms with E-state index in [1.165, 1.54) is 5.69 Å². The summed E-state index contributed by atoms with van der Waals surface area (Å²) in [5.41, 5.74) is 3.39. The number of pyridine rings is 1. The van der Waals surface area contributed by atoms with Gasteiger partial charge >= 0.3 is 0 Å². The Balaban J connectivity index is 2.53. The molecule has 0 spiro atoms. The fraction of sp³-hybridized carbons (Fsp3) is 0.545. The molecule has 1 aromatic heterocycles. The molecule has 1 heterocycles. The summed E-state index contributed by atoms with van der Waals surface area (Å²) in [5, 5.41) is 0. The highest BCUT2D eigenvalue weighted by Gasteiger charge is 2.17. The van der Waals surface area contributed by atoms with Crippen LogP contribution in [0.1, 0.15) is 30.3 Å². The SMILES string of the molecule is Cc1cc(=O)c2c([nH]1)CC(C)CC2. The minimum atomic E-state index is 0.221. The second-order valence-corrected chi connectivity index (χ2v) is 4.12. The Bertz CT molecular complexity index is 378. The van der Waals surface area contributed by atoms with Gasteiger partial charge in [0.1, 0.15) is 0 Å². The van der Waals surface area contributed by atoms with Crippen LogP contribution in [0.15, 0.2) is 10.9 Å². The lowest BCUT2D eigenvalue weighted by Gasteiger charge is -2.20. The third-order valence-electron chi connectivity index (χ3n) is 2.80. The quantitative estimate of drug-likeness (QED) is 0.644. The smallest absolute Gasteiger partial charge is 0.185 e. The van der Waals surface area contributed by atoms with E-state index in [9.17, 15) is 4.79 Å². The van der Waals surface area contributed by atoms with Gasteiger partial charge in [0.25, 0.3) is 0 Å². The molecule has 0 saturated carbocycles. The summed E-state index contributed by atoms with van der Waals surface area (Å²) in [5.74, 6) is 0.713. The van der Waals surface area contributed by atoms with Crippen LogP contribution in [0.5, 0.6) is 0 Å². The van der Waals surface area contributed by atoms with Gasteiger partial charge in [-0.05, 0) is 32.1 Å². The van der Waals surface area contributed by atoms with Crippen LogP contribution in [0, 0.1) is 12.8 Å². The maximum atomic E-state index is 11.6. The molecule has 2 rings (SSSR count). The Morgan fingerprint density at radius 3 is 3.08 bits per heavy atom. The molecule has 0 saturated heterocycles. The molecule has 0 fully saturated rings. The number of rotatable bonds is 0. The molecule has 1 aromatic rings. The first-order chi connectivity index (χ1) is 6.16. The van der Waals surface area contributed by atoms with Crippen LogP contribution in [0.4, 0.5) is 0 Å². The second kappa shape index (κ2) is 3.02. The van der Waals surface area contributed by atoms with E-state index in [0.717, 1.165) is 30.5 Å². The van der Waals surface area contributed by atoms with Crippen LogP contribution in [0.2, 0.25) is 0 Å². The Labute approximate surface area is 78.0 Å². The maximum absolute atomic E-state index is 11.6. The molecule has 0 amide bonds. The zero-order valence-corrected chi connectivity index (χ0v) is 8.18. The molecule has 0 aliphatic heterocycles. The first kappa shape index (κ1) is 8.54. The fourth-order valence-electron chi connectivity index (χ4n) is 2.07. The summed E-state index contributed by atoms with van der Waals surface area (Å²) in [6.45, 7) is 4.19. The molecule has 1 N–H and O–H groups in total. The summed E-state index contributed by atoms with van der Waals surface area (Å²) in [4.78, 5) is 14.9. The Morgan fingerprint density at radius 1 is 1.54 bits per heavy atom. The number of nitrogens with one attached hydrogen (secondary N) is 1. The largest absolute Gasteiger partial charge is 0.362 e. The van der Waals surface area contributed by atoms with Gasteiger partial charge in [-0.25, -0.2) is 0 Å². The van der Waals surface area contributed by atoms with Crippen LogP contribution < -0.4 is 5.43 Å². The second-order valence-electron chi connectivity index (χ2n) is 4.12. The summed E-state index contributed by atoms with van der Waals surface area (Å²) in [6.07, 6.45) is 3.14. The van der Waals surface area contributed by atoms with Crippen LogP contribution >= 0.6 is 0 Å². The highest BCUT2D eigenvalue weighted by Crippen LogP contribution is 2.21. The summed E-state index contributed by atoms with van der Waals surface area (Å²) < 4.78 is 0. The number of aryl methyl sites for hydroxylation is 1. The summed E-state index contributed by atoms with van der Waals surface area (Å²) in [7, 11) is 0. The summed E-state index contributed by atoms with van der Waals surface area (Å²) in [6, 6.07) is 1.70. The predicted molar refractivity (Wildman–Crippen MR) is 53.0 cm³/mol. The number of fused-ring (bicyclic) bond motifs is 1. The van der Waals surface area contributed by atoms with Crippen molar-refractivity contribution in [3.8, 4) is 0 Å². The Morgan fingerprint density at radius 2 is 2.31 bits per heavy atom. The molecule has 2 nitrogen and oxygen atoms in total. The van der Waals surface area contributed by atoms with Gasteiger partial charge in [-0.15, -0.1) is 0 Å². The highest BCUT2D eigenvalue weighted by atomic mass is 16.1. The van der Waals surface area contributed by atoms with Gasteiger partial charge in [0, 0.05) is 23.0 Å². The highest BCUT2D eigenvalue weighted by molar-refractivity contribution is 5.25. The predicted octanol–water partition coefficient (Wildman–Crippen LogP) is 1.81. The molecule has 13 heavy (non-hydrogen) atoms. The number of aromatic nitrogens is 1. The molecule has 1 atom stereocenters. The van der Waals surface area contributed by atoms with Gasteiger partial charge in [0.2, 0.25) is 0 Å². The van der Waals surface area contributed by atoms with Crippen molar-refractivity contribution in [3.05, 3.63) is 33.2 Å². The third kappa shape index (κ3) is 1.53. The van der Waals surface area contributed by atoms with Crippen molar-refractivity contribution in [1.82, 2.24) is 4.98 Å². The van der Waals surface area contributed by atoms with Gasteiger partial charge in [-0.1, -0.05) is 6.92 Å². The standard InChI is InChI=1S/C11H15NO/c1-7-3-4-9-10(5-7)12-8(2)6-11(9)13/h6-7H,3-5H2,1-2H3,(H,12,13). The van der Waals surface area contributed by atoms with Gasteiger partial charge in [-0.3, -0.25) is 4.79 Å². The van der Waals surface area contributed by atoms with Crippen molar-refractivity contribution in [2.24, 2.45) is 5.92 Å². The molecular formula is C11H15NO. The zero-order chi connectivity index (χ0) is 9.42. The van der Waals surface area contributed by atoms with Crippen LogP contribution in [0.3, 0.4) is 0 Å². The van der Waals surface area contributed by atoms with Crippen molar-refractivity contribution < 1.29 is 0 Å². The van der Waals surface area contributed by atoms with E-state index in [1.807, 2.05) is 6.92 Å². The molecule has 0 bridgehead atoms. The van der Waals surface area contributed by atoms with Crippen molar-refractivity contribution in [3.63, 3.8) is 0 Å². The van der Waals surface area contributed by atoms with Crippen LogP contribution in [0.25, 0.3) is 0 Å². The number of hydrogen-bond acceptors (Lipinski definition) is 1. The lowest BCUT2D eigenvalue weighted by atomic mass is 9.88. The van der Waals surface area contributed by atoms with E-state index in [4.69, 9.17) is 0 Å². The van der Waals surface area contributed by atoms with Crippen molar-refractivity contribution in [2.75, 3.05) is 0 Å². The monoisotopic (exact) mass is 177 g/mol. The minimum Gasteiger partial charge on any atom is -0.362 e. The zero-order valence-electron chi connectivity index (χ0n) is 8.18. The van der Waals surface area contributed by atoms with E-state index in [2.05, 4.69) is 11.9 Å². The summed E-state index contributed by atoms with van der Waals surface area (Å²) >= 11 is 0. The van der Waals surface area contributed by atoms with E-state index < -0.39 is 0 Å². The van der Waals surface area contributed by atoms with Crippen molar-refractivity contribution in [1.29, 1.82) is 0 Å². The van der Waals surface area contributed by atoms with Crippen LogP contribution in [-0.4, -0.2) is 4.98 Å². The number of H-pyrrole nitrogens is 1. The average molecular weight is 177 g/mol. The molecule has 1 aliphatic carbocycles. The van der Waals surface area contributed by atoms with Crippen LogP contribution in [-0.2, 0) is 12.8 Å². The average Bonchev–Trinajstić information content (AvgIpc) is 2.02. The van der Waals surface area contributed by atoms with Gasteiger partial charge < -0.3 is 4.98 Å². The lowest BCUT2D eigenvalue weighted by molar-refractivity contribution is 0.489. The number of aromatic amines is 1. The lowest BCUT2D eigenvalue weighted by Crippen LogP contribution is -2.21. The van der Waals surface area contributed by atoms with E-state index in [1.54, 1.807) is 6.07 Å². The first-order valence-corrected chi connectivity index (χ1v) is 4.88. The Hall–Kier alpha value is -1.05. The molecule has 1 unspecified atom stereocenters. The molecule has 1 aliphatic rings. The fourth-order valence-corrected chi connectivity index (χ4v) is 2.07. The molecular weight excluding hydrogens is 162 g/mol. The minimum absolute atomic E-state index is 0.221. The van der Waals surface area contributed by atoms with E-state index in [0.29, 0.717) is 5.92 Å². The molecule has 2 heteroatoms. The van der Waals surface area contributed by atoms with E-state index >= 15 is 0 Å². The number of hydrogen-bond donors (Lipinski definition) is 1. The Kier molecular flexibility index (Phi) is 1.98. The normalized spacial score (nSPS) is 21.2. The topological polar surface area (TPSA) is 32.9 Å². The van der Waals surface area contributed by atoms with Gasteiger partial charge in [0.05, 0.1) is 0 Å². The van der Waals surface area contributed by atoms with Crippen molar-refractivity contribution >= 4 is 0 Å². The van der Waals surface area contributed by atoms with Crippen molar-refractivity contribution in [2.45, 2.75) is 33.1 Å². The van der Waals surface area contributed by atoms with Gasteiger partial charge in [-0.2, -0.15) is 0 Å². The van der Waals surface area contributed by atoms with E-state index in [-0.39, 0.29) is 5.43 Å². The molecule has 70 valence electrons. The molecule has 0 radical (unpaired) electrons. The maximum Gasteiger partial charge on any atom is 0.185 e. The third-order valence-corrected chi connectivity index (χ3v) is 2.80.